The molecule has 0 amide bonds. The summed E-state index contributed by atoms with van der Waals surface area (Å²) < 4.78 is 5.49. The lowest BCUT2D eigenvalue weighted by Gasteiger charge is -2.15. The van der Waals surface area contributed by atoms with Crippen LogP contribution in [0, 0.1) is 13.8 Å². The number of nitrogens with one attached hydrogen (secondary N) is 1. The van der Waals surface area contributed by atoms with Gasteiger partial charge in [-0.15, -0.1) is 12.4 Å². The molecule has 1 heterocycles. The number of aromatic nitrogens is 2. The molecule has 0 fully saturated rings. The molecule has 0 aliphatic heterocycles. The first kappa shape index (κ1) is 13.9. The van der Waals surface area contributed by atoms with Gasteiger partial charge in [-0.3, -0.25) is 0 Å². The normalized spacial score (nSPS) is 16.9. The van der Waals surface area contributed by atoms with Crippen molar-refractivity contribution in [3.63, 3.8) is 0 Å². The van der Waals surface area contributed by atoms with Crippen molar-refractivity contribution in [3.05, 3.63) is 46.5 Å². The molecule has 0 saturated carbocycles. The van der Waals surface area contributed by atoms with Crippen LogP contribution in [0.4, 0.5) is 0 Å². The van der Waals surface area contributed by atoms with Crippen LogP contribution in [0.2, 0.25) is 0 Å². The average Bonchev–Trinajstić information content (AvgIpc) is 3.01. The maximum Gasteiger partial charge on any atom is 0.122 e. The Hall–Kier alpha value is -1.48. The summed E-state index contributed by atoms with van der Waals surface area (Å²) in [5.74, 6) is 1.41. The molecule has 0 spiro atoms. The van der Waals surface area contributed by atoms with Crippen LogP contribution in [0.15, 0.2) is 18.6 Å². The van der Waals surface area contributed by atoms with E-state index in [1.807, 2.05) is 6.20 Å². The van der Waals surface area contributed by atoms with Crippen LogP contribution in [0.1, 0.15) is 40.3 Å². The maximum absolute atomic E-state index is 5.49. The molecule has 19 heavy (non-hydrogen) atoms. The number of halogens is 1. The third-order valence-electron chi connectivity index (χ3n) is 4.17. The van der Waals surface area contributed by atoms with Crippen molar-refractivity contribution in [2.24, 2.45) is 0 Å². The van der Waals surface area contributed by atoms with Gasteiger partial charge >= 0.3 is 0 Å². The minimum atomic E-state index is 0. The Morgan fingerprint density at radius 1 is 1.32 bits per heavy atom. The Labute approximate surface area is 119 Å². The van der Waals surface area contributed by atoms with Crippen molar-refractivity contribution in [3.8, 4) is 5.75 Å². The molecule has 1 atom stereocenters. The molecule has 4 heteroatoms. The summed E-state index contributed by atoms with van der Waals surface area (Å²) in [6.07, 6.45) is 6.05. The van der Waals surface area contributed by atoms with Crippen molar-refractivity contribution in [2.45, 2.75) is 32.6 Å². The molecule has 3 rings (SSSR count). The smallest absolute Gasteiger partial charge is 0.122 e. The molecule has 1 aliphatic carbocycles. The molecule has 0 radical (unpaired) electrons. The molecule has 1 aromatic heterocycles. The van der Waals surface area contributed by atoms with Crippen molar-refractivity contribution in [1.82, 2.24) is 9.97 Å². The molecule has 3 nitrogen and oxygen atoms in total. The first-order valence-corrected chi connectivity index (χ1v) is 6.38. The summed E-state index contributed by atoms with van der Waals surface area (Å²) in [4.78, 5) is 7.46. The Morgan fingerprint density at radius 3 is 2.74 bits per heavy atom. The van der Waals surface area contributed by atoms with Gasteiger partial charge in [0, 0.05) is 12.1 Å². The Kier molecular flexibility index (Phi) is 3.85. The van der Waals surface area contributed by atoms with E-state index in [1.165, 1.54) is 22.3 Å². The van der Waals surface area contributed by atoms with E-state index in [0.29, 0.717) is 5.92 Å². The fourth-order valence-corrected chi connectivity index (χ4v) is 3.03. The van der Waals surface area contributed by atoms with Gasteiger partial charge in [-0.25, -0.2) is 4.98 Å². The van der Waals surface area contributed by atoms with E-state index in [0.717, 1.165) is 24.3 Å². The molecule has 1 aromatic carbocycles. The number of hydrogen-bond donors (Lipinski definition) is 1. The second-order valence-corrected chi connectivity index (χ2v) is 4.98. The molecule has 1 aliphatic rings. The van der Waals surface area contributed by atoms with Crippen LogP contribution in [-0.2, 0) is 6.42 Å². The number of methoxy groups -OCH3 is 1. The number of hydrogen-bond acceptors (Lipinski definition) is 2. The van der Waals surface area contributed by atoms with Crippen LogP contribution < -0.4 is 4.74 Å². The quantitative estimate of drug-likeness (QED) is 0.912. The standard InChI is InChI=1S/C15H18N2O.ClH/c1-9-10(2)15(18-3)6-13-11(9)4-5-12(13)14-7-16-8-17-14;/h6-8,12H,4-5H2,1-3H3,(H,16,17);1H. The van der Waals surface area contributed by atoms with Crippen LogP contribution >= 0.6 is 12.4 Å². The van der Waals surface area contributed by atoms with Crippen molar-refractivity contribution < 1.29 is 4.74 Å². The van der Waals surface area contributed by atoms with Crippen LogP contribution in [0.5, 0.6) is 5.75 Å². The highest BCUT2D eigenvalue weighted by molar-refractivity contribution is 5.85. The maximum atomic E-state index is 5.49. The third kappa shape index (κ3) is 2.12. The van der Waals surface area contributed by atoms with E-state index in [1.54, 1.807) is 13.4 Å². The van der Waals surface area contributed by atoms with E-state index in [9.17, 15) is 0 Å². The highest BCUT2D eigenvalue weighted by Crippen LogP contribution is 2.42. The molecule has 2 aromatic rings. The monoisotopic (exact) mass is 278 g/mol. The van der Waals surface area contributed by atoms with Crippen molar-refractivity contribution >= 4 is 12.4 Å². The minimum absolute atomic E-state index is 0. The number of ether oxygens (including phenoxy) is 1. The average molecular weight is 279 g/mol. The molecule has 102 valence electrons. The van der Waals surface area contributed by atoms with Crippen molar-refractivity contribution in [2.75, 3.05) is 7.11 Å². The Bertz CT molecular complexity index is 578. The number of imidazole rings is 1. The van der Waals surface area contributed by atoms with Gasteiger partial charge < -0.3 is 9.72 Å². The first-order chi connectivity index (χ1) is 8.72. The zero-order chi connectivity index (χ0) is 12.7. The first-order valence-electron chi connectivity index (χ1n) is 6.38. The second-order valence-electron chi connectivity index (χ2n) is 4.98. The summed E-state index contributed by atoms with van der Waals surface area (Å²) in [5, 5.41) is 0. The number of nitrogens with zero attached hydrogens (tertiary/aromatic N) is 1. The summed E-state index contributed by atoms with van der Waals surface area (Å²) in [6, 6.07) is 2.20. The lowest BCUT2D eigenvalue weighted by Crippen LogP contribution is -2.00. The predicted octanol–water partition coefficient (Wildman–Crippen LogP) is 3.54. The zero-order valence-corrected chi connectivity index (χ0v) is 12.3. The highest BCUT2D eigenvalue weighted by Gasteiger charge is 2.28. The lowest BCUT2D eigenvalue weighted by atomic mass is 9.94. The molecule has 0 bridgehead atoms. The molecule has 1 N–H and O–H groups in total. The summed E-state index contributed by atoms with van der Waals surface area (Å²) in [7, 11) is 1.74. The molecular formula is C15H19ClN2O. The van der Waals surface area contributed by atoms with E-state index < -0.39 is 0 Å². The summed E-state index contributed by atoms with van der Waals surface area (Å²) >= 11 is 0. The number of rotatable bonds is 2. The zero-order valence-electron chi connectivity index (χ0n) is 11.5. The fraction of sp³-hybridized carbons (Fsp3) is 0.400. The largest absolute Gasteiger partial charge is 0.496 e. The number of aromatic amines is 1. The highest BCUT2D eigenvalue weighted by atomic mass is 35.5. The predicted molar refractivity (Wildman–Crippen MR) is 78.5 cm³/mol. The number of benzene rings is 1. The van der Waals surface area contributed by atoms with Crippen LogP contribution in [0.25, 0.3) is 0 Å². The number of H-pyrrole nitrogens is 1. The topological polar surface area (TPSA) is 37.9 Å². The molecular weight excluding hydrogens is 260 g/mol. The third-order valence-corrected chi connectivity index (χ3v) is 4.17. The second kappa shape index (κ2) is 5.25. The minimum Gasteiger partial charge on any atom is -0.496 e. The van der Waals surface area contributed by atoms with E-state index in [4.69, 9.17) is 4.74 Å². The summed E-state index contributed by atoms with van der Waals surface area (Å²) in [5.41, 5.74) is 6.66. The fourth-order valence-electron chi connectivity index (χ4n) is 3.03. The van der Waals surface area contributed by atoms with Gasteiger partial charge in [0.25, 0.3) is 0 Å². The lowest BCUT2D eigenvalue weighted by molar-refractivity contribution is 0.410. The molecule has 0 saturated heterocycles. The van der Waals surface area contributed by atoms with Crippen LogP contribution in [-0.4, -0.2) is 17.1 Å². The Morgan fingerprint density at radius 2 is 2.11 bits per heavy atom. The van der Waals surface area contributed by atoms with Gasteiger partial charge in [-0.2, -0.15) is 0 Å². The SMILES string of the molecule is COc1cc2c(c(C)c1C)CCC2c1c[nH]cn1.Cl. The van der Waals surface area contributed by atoms with E-state index in [-0.39, 0.29) is 12.4 Å². The Balaban J connectivity index is 0.00000133. The van der Waals surface area contributed by atoms with Gasteiger partial charge in [0.1, 0.15) is 5.75 Å². The van der Waals surface area contributed by atoms with Crippen molar-refractivity contribution in [1.29, 1.82) is 0 Å². The molecule has 1 unspecified atom stereocenters. The number of fused-ring (bicyclic) bond motifs is 1. The van der Waals surface area contributed by atoms with Gasteiger partial charge in [-0.1, -0.05) is 0 Å². The van der Waals surface area contributed by atoms with E-state index in [2.05, 4.69) is 29.9 Å². The van der Waals surface area contributed by atoms with E-state index >= 15 is 0 Å². The van der Waals surface area contributed by atoms with Gasteiger partial charge in [0.15, 0.2) is 0 Å². The summed E-state index contributed by atoms with van der Waals surface area (Å²) in [6.45, 7) is 4.33. The van der Waals surface area contributed by atoms with Gasteiger partial charge in [0.05, 0.1) is 19.1 Å². The van der Waals surface area contributed by atoms with Gasteiger partial charge in [0.2, 0.25) is 0 Å². The van der Waals surface area contributed by atoms with Gasteiger partial charge in [-0.05, 0) is 55.0 Å². The van der Waals surface area contributed by atoms with Crippen LogP contribution in [0.3, 0.4) is 0 Å².